The van der Waals surface area contributed by atoms with E-state index >= 15 is 0 Å². The molecule has 0 aliphatic carbocycles. The molecule has 1 aliphatic heterocycles. The van der Waals surface area contributed by atoms with Crippen LogP contribution in [-0.4, -0.2) is 35.7 Å². The molecule has 3 rings (SSSR count). The first-order valence-corrected chi connectivity index (χ1v) is 10.4. The van der Waals surface area contributed by atoms with E-state index in [1.165, 1.54) is 6.08 Å². The monoisotopic (exact) mass is 472 g/mol. The van der Waals surface area contributed by atoms with Crippen molar-refractivity contribution in [3.8, 4) is 5.75 Å². The molecule has 0 radical (unpaired) electrons. The molecule has 0 saturated heterocycles. The first-order chi connectivity index (χ1) is 14.2. The van der Waals surface area contributed by atoms with E-state index in [1.54, 1.807) is 34.0 Å². The SMILES string of the molecule is COc1ccccc1N[C@@H](c1ccc(Br)cc1)[C@H]1C=CC(=O)N1C(=O)OC(C)(C)C. The van der Waals surface area contributed by atoms with Crippen molar-refractivity contribution in [3.63, 3.8) is 0 Å². The summed E-state index contributed by atoms with van der Waals surface area (Å²) < 4.78 is 11.9. The second-order valence-corrected chi connectivity index (χ2v) is 8.83. The number of hydrogen-bond acceptors (Lipinski definition) is 5. The molecule has 1 N–H and O–H groups in total. The number of methoxy groups -OCH3 is 1. The van der Waals surface area contributed by atoms with Gasteiger partial charge in [-0.15, -0.1) is 0 Å². The Kier molecular flexibility index (Phi) is 6.51. The number of benzene rings is 2. The summed E-state index contributed by atoms with van der Waals surface area (Å²) in [6, 6.07) is 14.3. The summed E-state index contributed by atoms with van der Waals surface area (Å²) in [5.41, 5.74) is 0.945. The summed E-state index contributed by atoms with van der Waals surface area (Å²) in [5, 5.41) is 3.45. The highest BCUT2D eigenvalue weighted by atomic mass is 79.9. The Hall–Kier alpha value is -2.80. The molecule has 0 saturated carbocycles. The fraction of sp³-hybridized carbons (Fsp3) is 0.304. The number of amides is 2. The quantitative estimate of drug-likeness (QED) is 0.638. The summed E-state index contributed by atoms with van der Waals surface area (Å²) in [6.07, 6.45) is 2.46. The first kappa shape index (κ1) is 21.9. The summed E-state index contributed by atoms with van der Waals surface area (Å²) in [7, 11) is 1.60. The third kappa shape index (κ3) is 5.02. The van der Waals surface area contributed by atoms with Gasteiger partial charge in [-0.3, -0.25) is 4.79 Å². The van der Waals surface area contributed by atoms with E-state index in [0.717, 1.165) is 20.6 Å². The van der Waals surface area contributed by atoms with E-state index in [-0.39, 0.29) is 0 Å². The smallest absolute Gasteiger partial charge is 0.417 e. The Morgan fingerprint density at radius 3 is 2.43 bits per heavy atom. The Bertz CT molecular complexity index is 950. The van der Waals surface area contributed by atoms with E-state index in [9.17, 15) is 9.59 Å². The topological polar surface area (TPSA) is 67.9 Å². The van der Waals surface area contributed by atoms with E-state index in [1.807, 2.05) is 48.5 Å². The molecular formula is C23H25BrN2O4. The molecule has 0 spiro atoms. The number of carbonyl (C=O) groups is 2. The zero-order valence-corrected chi connectivity index (χ0v) is 19.0. The van der Waals surface area contributed by atoms with Gasteiger partial charge in [0.2, 0.25) is 0 Å². The molecule has 1 heterocycles. The van der Waals surface area contributed by atoms with Crippen molar-refractivity contribution < 1.29 is 19.1 Å². The molecule has 2 atom stereocenters. The number of imide groups is 1. The number of nitrogens with zero attached hydrogens (tertiary/aromatic N) is 1. The molecule has 1 aliphatic rings. The highest BCUT2D eigenvalue weighted by molar-refractivity contribution is 9.10. The van der Waals surface area contributed by atoms with Crippen LogP contribution in [0.5, 0.6) is 5.75 Å². The van der Waals surface area contributed by atoms with E-state index in [2.05, 4.69) is 21.2 Å². The molecule has 2 amide bonds. The minimum absolute atomic E-state index is 0.404. The number of anilines is 1. The fourth-order valence-electron chi connectivity index (χ4n) is 3.24. The largest absolute Gasteiger partial charge is 0.495 e. The van der Waals surface area contributed by atoms with Crippen molar-refractivity contribution in [2.45, 2.75) is 38.5 Å². The van der Waals surface area contributed by atoms with Gasteiger partial charge in [0, 0.05) is 10.5 Å². The number of halogens is 1. The number of ether oxygens (including phenoxy) is 2. The summed E-state index contributed by atoms with van der Waals surface area (Å²) in [4.78, 5) is 26.5. The molecule has 0 bridgehead atoms. The van der Waals surface area contributed by atoms with Crippen molar-refractivity contribution >= 4 is 33.6 Å². The standard InChI is InChI=1S/C23H25BrN2O4/c1-23(2,3)30-22(28)26-18(13-14-20(26)27)21(15-9-11-16(24)12-10-15)25-17-7-5-6-8-19(17)29-4/h5-14,18,21,25H,1-4H3/t18-,21+/m1/s1. The average Bonchev–Trinajstić information content (AvgIpc) is 3.07. The van der Waals surface area contributed by atoms with Gasteiger partial charge in [0.1, 0.15) is 11.4 Å². The molecule has 2 aromatic rings. The van der Waals surface area contributed by atoms with Gasteiger partial charge in [-0.05, 0) is 50.6 Å². The maximum Gasteiger partial charge on any atom is 0.417 e. The minimum atomic E-state index is -0.715. The van der Waals surface area contributed by atoms with Gasteiger partial charge in [-0.2, -0.15) is 0 Å². The lowest BCUT2D eigenvalue weighted by atomic mass is 9.98. The Morgan fingerprint density at radius 1 is 1.13 bits per heavy atom. The summed E-state index contributed by atoms with van der Waals surface area (Å²) in [6.45, 7) is 5.31. The van der Waals surface area contributed by atoms with Crippen molar-refractivity contribution in [1.82, 2.24) is 4.90 Å². The number of carbonyl (C=O) groups excluding carboxylic acids is 2. The molecule has 0 unspecified atom stereocenters. The van der Waals surface area contributed by atoms with Gasteiger partial charge in [0.15, 0.2) is 0 Å². The van der Waals surface area contributed by atoms with Crippen LogP contribution in [0.25, 0.3) is 0 Å². The first-order valence-electron chi connectivity index (χ1n) is 9.59. The lowest BCUT2D eigenvalue weighted by Gasteiger charge is -2.33. The van der Waals surface area contributed by atoms with Crippen LogP contribution in [0, 0.1) is 0 Å². The minimum Gasteiger partial charge on any atom is -0.495 e. The Labute approximate surface area is 185 Å². The van der Waals surface area contributed by atoms with Crippen LogP contribution in [0.1, 0.15) is 32.4 Å². The Balaban J connectivity index is 2.00. The number of hydrogen-bond donors (Lipinski definition) is 1. The Morgan fingerprint density at radius 2 is 1.80 bits per heavy atom. The zero-order valence-electron chi connectivity index (χ0n) is 17.4. The molecule has 0 aromatic heterocycles. The van der Waals surface area contributed by atoms with Crippen LogP contribution in [0.3, 0.4) is 0 Å². The van der Waals surface area contributed by atoms with Crippen molar-refractivity contribution in [3.05, 3.63) is 70.7 Å². The predicted molar refractivity (Wildman–Crippen MR) is 120 cm³/mol. The van der Waals surface area contributed by atoms with Crippen molar-refractivity contribution in [2.24, 2.45) is 0 Å². The third-order valence-corrected chi connectivity index (χ3v) is 5.08. The van der Waals surface area contributed by atoms with Gasteiger partial charge in [0.05, 0.1) is 24.9 Å². The number of para-hydroxylation sites is 2. The molecule has 7 heteroatoms. The number of rotatable bonds is 5. The fourth-order valence-corrected chi connectivity index (χ4v) is 3.51. The van der Waals surface area contributed by atoms with Crippen molar-refractivity contribution in [2.75, 3.05) is 12.4 Å². The van der Waals surface area contributed by atoms with Gasteiger partial charge in [-0.1, -0.05) is 46.3 Å². The molecular weight excluding hydrogens is 448 g/mol. The normalized spacial score (nSPS) is 17.0. The maximum absolute atomic E-state index is 12.8. The van der Waals surface area contributed by atoms with Crippen LogP contribution in [0.4, 0.5) is 10.5 Å². The van der Waals surface area contributed by atoms with Gasteiger partial charge in [-0.25, -0.2) is 9.69 Å². The molecule has 6 nitrogen and oxygen atoms in total. The maximum atomic E-state index is 12.8. The molecule has 0 fully saturated rings. The molecule has 158 valence electrons. The van der Waals surface area contributed by atoms with E-state index in [4.69, 9.17) is 9.47 Å². The lowest BCUT2D eigenvalue weighted by molar-refractivity contribution is -0.125. The second-order valence-electron chi connectivity index (χ2n) is 7.91. The van der Waals surface area contributed by atoms with E-state index in [0.29, 0.717) is 5.75 Å². The van der Waals surface area contributed by atoms with Gasteiger partial charge >= 0.3 is 6.09 Å². The van der Waals surface area contributed by atoms with Crippen LogP contribution in [0.2, 0.25) is 0 Å². The third-order valence-electron chi connectivity index (χ3n) is 4.55. The second kappa shape index (κ2) is 8.92. The van der Waals surface area contributed by atoms with Crippen LogP contribution < -0.4 is 10.1 Å². The number of nitrogens with one attached hydrogen (secondary N) is 1. The zero-order chi connectivity index (χ0) is 21.9. The highest BCUT2D eigenvalue weighted by Crippen LogP contribution is 2.34. The molecule has 2 aromatic carbocycles. The van der Waals surface area contributed by atoms with E-state index < -0.39 is 29.7 Å². The predicted octanol–water partition coefficient (Wildman–Crippen LogP) is 5.31. The summed E-state index contributed by atoms with van der Waals surface area (Å²) in [5.74, 6) is 0.259. The van der Waals surface area contributed by atoms with Crippen LogP contribution >= 0.6 is 15.9 Å². The highest BCUT2D eigenvalue weighted by Gasteiger charge is 2.40. The van der Waals surface area contributed by atoms with Gasteiger partial charge < -0.3 is 14.8 Å². The van der Waals surface area contributed by atoms with Crippen LogP contribution in [-0.2, 0) is 9.53 Å². The van der Waals surface area contributed by atoms with Crippen LogP contribution in [0.15, 0.2) is 65.2 Å². The van der Waals surface area contributed by atoms with Crippen molar-refractivity contribution in [1.29, 1.82) is 0 Å². The summed E-state index contributed by atoms with van der Waals surface area (Å²) >= 11 is 3.45. The average molecular weight is 473 g/mol. The van der Waals surface area contributed by atoms with Gasteiger partial charge in [0.25, 0.3) is 5.91 Å². The lowest BCUT2D eigenvalue weighted by Crippen LogP contribution is -2.46. The molecule has 30 heavy (non-hydrogen) atoms.